The van der Waals surface area contributed by atoms with Crippen LogP contribution in [-0.2, 0) is 0 Å². The van der Waals surface area contributed by atoms with E-state index in [1.54, 1.807) is 18.3 Å². The Morgan fingerprint density at radius 1 is 1.24 bits per heavy atom. The van der Waals surface area contributed by atoms with Gasteiger partial charge in [-0.1, -0.05) is 6.07 Å². The molecule has 10 heteroatoms. The number of benzene rings is 1. The van der Waals surface area contributed by atoms with Crippen LogP contribution >= 0.6 is 0 Å². The second-order valence-electron chi connectivity index (χ2n) is 7.50. The molecule has 0 radical (unpaired) electrons. The molecule has 2 aromatic heterocycles. The van der Waals surface area contributed by atoms with Gasteiger partial charge in [0.15, 0.2) is 5.82 Å². The Bertz CT molecular complexity index is 1050. The predicted molar refractivity (Wildman–Crippen MR) is 108 cm³/mol. The van der Waals surface area contributed by atoms with E-state index in [9.17, 15) is 15.2 Å². The Balaban J connectivity index is 1.58. The summed E-state index contributed by atoms with van der Waals surface area (Å²) in [6.07, 6.45) is 6.12. The molecule has 4 rings (SSSR count). The largest absolute Gasteiger partial charge is 0.390 e. The Morgan fingerprint density at radius 3 is 2.79 bits per heavy atom. The highest BCUT2D eigenvalue weighted by Crippen LogP contribution is 2.29. The summed E-state index contributed by atoms with van der Waals surface area (Å²) in [7, 11) is 0. The summed E-state index contributed by atoms with van der Waals surface area (Å²) < 4.78 is 0. The molecular weight excluding hydrogens is 374 g/mol. The van der Waals surface area contributed by atoms with Crippen molar-refractivity contribution in [2.24, 2.45) is 0 Å². The van der Waals surface area contributed by atoms with Crippen LogP contribution in [0.2, 0.25) is 0 Å². The van der Waals surface area contributed by atoms with Gasteiger partial charge in [0.2, 0.25) is 5.95 Å². The van der Waals surface area contributed by atoms with Crippen LogP contribution < -0.4 is 10.6 Å². The molecular formula is C19H21N7O3. The van der Waals surface area contributed by atoms with Crippen LogP contribution in [0.15, 0.2) is 36.8 Å². The molecule has 0 atom stereocenters. The summed E-state index contributed by atoms with van der Waals surface area (Å²) in [6.45, 7) is 1.86. The van der Waals surface area contributed by atoms with Gasteiger partial charge in [-0.05, 0) is 38.7 Å². The van der Waals surface area contributed by atoms with Gasteiger partial charge >= 0.3 is 0 Å². The standard InChI is InChI=1S/C19H21N7O3/c1-19(27)7-5-12(6-8-19)24-18-20-10-15-16(25-18)17(22-11-21-15)23-13-3-2-4-14(9-13)26(28)29/h2-4,9-12,27H,5-8H2,1H3,(H,20,24,25)(H,21,22,23)/t12-,19+. The Kier molecular flexibility index (Phi) is 4.93. The van der Waals surface area contributed by atoms with Gasteiger partial charge in [0, 0.05) is 23.9 Å². The number of nitrogens with zero attached hydrogens (tertiary/aromatic N) is 5. The fourth-order valence-electron chi connectivity index (χ4n) is 3.42. The number of rotatable bonds is 5. The van der Waals surface area contributed by atoms with E-state index in [1.807, 2.05) is 6.92 Å². The minimum atomic E-state index is -0.606. The third kappa shape index (κ3) is 4.37. The van der Waals surface area contributed by atoms with Crippen molar-refractivity contribution in [2.45, 2.75) is 44.2 Å². The topological polar surface area (TPSA) is 139 Å². The van der Waals surface area contributed by atoms with E-state index in [0.29, 0.717) is 28.5 Å². The van der Waals surface area contributed by atoms with Crippen LogP contribution in [0, 0.1) is 10.1 Å². The maximum atomic E-state index is 11.0. The molecule has 0 unspecified atom stereocenters. The molecule has 10 nitrogen and oxygen atoms in total. The van der Waals surface area contributed by atoms with Gasteiger partial charge in [0.05, 0.1) is 16.7 Å². The van der Waals surface area contributed by atoms with Gasteiger partial charge in [-0.25, -0.2) is 19.9 Å². The minimum Gasteiger partial charge on any atom is -0.390 e. The van der Waals surface area contributed by atoms with Crippen molar-refractivity contribution in [2.75, 3.05) is 10.6 Å². The van der Waals surface area contributed by atoms with Crippen LogP contribution in [0.25, 0.3) is 11.0 Å². The van der Waals surface area contributed by atoms with Crippen LogP contribution in [0.4, 0.5) is 23.1 Å². The summed E-state index contributed by atoms with van der Waals surface area (Å²) >= 11 is 0. The molecule has 3 N–H and O–H groups in total. The van der Waals surface area contributed by atoms with Crippen molar-refractivity contribution >= 4 is 34.2 Å². The lowest BCUT2D eigenvalue weighted by atomic mass is 9.84. The Morgan fingerprint density at radius 2 is 2.03 bits per heavy atom. The number of anilines is 3. The smallest absolute Gasteiger partial charge is 0.271 e. The third-order valence-corrected chi connectivity index (χ3v) is 5.09. The van der Waals surface area contributed by atoms with Crippen molar-refractivity contribution < 1.29 is 10.0 Å². The molecule has 29 heavy (non-hydrogen) atoms. The molecule has 0 spiro atoms. The summed E-state index contributed by atoms with van der Waals surface area (Å²) in [5, 5.41) is 27.5. The number of nitro groups is 1. The zero-order valence-corrected chi connectivity index (χ0v) is 15.9. The van der Waals surface area contributed by atoms with Crippen LogP contribution in [-0.4, -0.2) is 41.6 Å². The van der Waals surface area contributed by atoms with Crippen LogP contribution in [0.3, 0.4) is 0 Å². The van der Waals surface area contributed by atoms with Crippen molar-refractivity contribution in [3.63, 3.8) is 0 Å². The average Bonchev–Trinajstić information content (AvgIpc) is 2.70. The van der Waals surface area contributed by atoms with E-state index in [4.69, 9.17) is 0 Å². The first kappa shape index (κ1) is 18.9. The van der Waals surface area contributed by atoms with E-state index in [0.717, 1.165) is 25.7 Å². The fraction of sp³-hybridized carbons (Fsp3) is 0.368. The minimum absolute atomic E-state index is 0.0153. The van der Waals surface area contributed by atoms with Crippen molar-refractivity contribution in [1.82, 2.24) is 19.9 Å². The number of nitro benzene ring substituents is 1. The number of non-ortho nitro benzene ring substituents is 1. The predicted octanol–water partition coefficient (Wildman–Crippen LogP) is 3.18. The Hall–Kier alpha value is -3.40. The van der Waals surface area contributed by atoms with Crippen molar-refractivity contribution in [1.29, 1.82) is 0 Å². The summed E-state index contributed by atoms with van der Waals surface area (Å²) in [5.41, 5.74) is 0.982. The second kappa shape index (κ2) is 7.55. The van der Waals surface area contributed by atoms with Crippen molar-refractivity contribution in [3.05, 3.63) is 46.9 Å². The first-order chi connectivity index (χ1) is 13.9. The van der Waals surface area contributed by atoms with E-state index in [1.165, 1.54) is 18.5 Å². The number of nitrogens with one attached hydrogen (secondary N) is 2. The normalized spacial score (nSPS) is 21.7. The molecule has 3 aromatic rings. The summed E-state index contributed by atoms with van der Waals surface area (Å²) in [4.78, 5) is 27.9. The SMILES string of the molecule is C[C@]1(O)CC[C@@H](Nc2ncc3ncnc(Nc4cccc([N+](=O)[O-])c4)c3n2)CC1. The van der Waals surface area contributed by atoms with E-state index < -0.39 is 10.5 Å². The maximum Gasteiger partial charge on any atom is 0.271 e. The monoisotopic (exact) mass is 395 g/mol. The molecule has 0 saturated heterocycles. The van der Waals surface area contributed by atoms with Gasteiger partial charge in [-0.2, -0.15) is 0 Å². The van der Waals surface area contributed by atoms with Crippen molar-refractivity contribution in [3.8, 4) is 0 Å². The van der Waals surface area contributed by atoms with Gasteiger partial charge in [-0.3, -0.25) is 10.1 Å². The van der Waals surface area contributed by atoms with Gasteiger partial charge in [-0.15, -0.1) is 0 Å². The molecule has 1 aliphatic carbocycles. The molecule has 1 fully saturated rings. The first-order valence-electron chi connectivity index (χ1n) is 9.38. The lowest BCUT2D eigenvalue weighted by Gasteiger charge is -2.33. The van der Waals surface area contributed by atoms with Crippen LogP contribution in [0.1, 0.15) is 32.6 Å². The lowest BCUT2D eigenvalue weighted by Crippen LogP contribution is -2.36. The summed E-state index contributed by atoms with van der Waals surface area (Å²) in [6, 6.07) is 6.36. The Labute approximate surface area is 166 Å². The van der Waals surface area contributed by atoms with Gasteiger partial charge in [0.25, 0.3) is 5.69 Å². The van der Waals surface area contributed by atoms with E-state index in [2.05, 4.69) is 30.6 Å². The second-order valence-corrected chi connectivity index (χ2v) is 7.50. The quantitative estimate of drug-likeness (QED) is 0.439. The number of aliphatic hydroxyl groups is 1. The first-order valence-corrected chi connectivity index (χ1v) is 9.38. The van der Waals surface area contributed by atoms with E-state index >= 15 is 0 Å². The zero-order chi connectivity index (χ0) is 20.4. The number of aromatic nitrogens is 4. The highest BCUT2D eigenvalue weighted by atomic mass is 16.6. The fourth-order valence-corrected chi connectivity index (χ4v) is 3.42. The number of hydrogen-bond donors (Lipinski definition) is 3. The highest BCUT2D eigenvalue weighted by molar-refractivity contribution is 5.87. The van der Waals surface area contributed by atoms with Crippen LogP contribution in [0.5, 0.6) is 0 Å². The molecule has 0 aliphatic heterocycles. The molecule has 1 saturated carbocycles. The lowest BCUT2D eigenvalue weighted by molar-refractivity contribution is -0.384. The molecule has 150 valence electrons. The third-order valence-electron chi connectivity index (χ3n) is 5.09. The molecule has 0 bridgehead atoms. The number of hydrogen-bond acceptors (Lipinski definition) is 9. The molecule has 1 aliphatic rings. The molecule has 2 heterocycles. The number of fused-ring (bicyclic) bond motifs is 1. The van der Waals surface area contributed by atoms with E-state index in [-0.39, 0.29) is 11.7 Å². The average molecular weight is 395 g/mol. The zero-order valence-electron chi connectivity index (χ0n) is 15.9. The van der Waals surface area contributed by atoms with Gasteiger partial charge < -0.3 is 15.7 Å². The molecule has 0 amide bonds. The maximum absolute atomic E-state index is 11.0. The highest BCUT2D eigenvalue weighted by Gasteiger charge is 2.28. The molecule has 1 aromatic carbocycles. The van der Waals surface area contributed by atoms with Gasteiger partial charge in [0.1, 0.15) is 17.4 Å². The summed E-state index contributed by atoms with van der Waals surface area (Å²) in [5.74, 6) is 0.897.